The van der Waals surface area contributed by atoms with Gasteiger partial charge in [0, 0.05) is 30.7 Å². The van der Waals surface area contributed by atoms with Crippen LogP contribution in [0.5, 0.6) is 0 Å². The average molecular weight is 257 g/mol. The molecule has 2 rings (SSSR count). The van der Waals surface area contributed by atoms with Crippen molar-refractivity contribution in [1.29, 1.82) is 0 Å². The normalized spacial score (nSPS) is 20.4. The van der Waals surface area contributed by atoms with Crippen molar-refractivity contribution < 1.29 is 9.18 Å². The van der Waals surface area contributed by atoms with Crippen LogP contribution < -0.4 is 5.32 Å². The second-order valence-electron chi connectivity index (χ2n) is 4.18. The minimum atomic E-state index is -0.562. The molecule has 3 nitrogen and oxygen atoms in total. The van der Waals surface area contributed by atoms with Crippen LogP contribution in [0.4, 0.5) is 4.39 Å². The van der Waals surface area contributed by atoms with Crippen molar-refractivity contribution in [3.63, 3.8) is 0 Å². The van der Waals surface area contributed by atoms with Gasteiger partial charge in [-0.25, -0.2) is 4.39 Å². The van der Waals surface area contributed by atoms with Crippen LogP contribution in [0.2, 0.25) is 5.02 Å². The molecule has 0 aliphatic carbocycles. The highest BCUT2D eigenvalue weighted by molar-refractivity contribution is 6.30. The Morgan fingerprint density at radius 1 is 1.59 bits per heavy atom. The van der Waals surface area contributed by atoms with Crippen LogP contribution in [-0.2, 0) is 0 Å². The standard InChI is InChI=1S/C12H14ClFN2O/c1-8-7-15-4-5-16(8)12(17)10-3-2-9(13)6-11(10)14/h2-3,6,8,15H,4-5,7H2,1H3/t8-/m0/s1. The van der Waals surface area contributed by atoms with E-state index < -0.39 is 5.82 Å². The Bertz CT molecular complexity index is 439. The molecule has 0 spiro atoms. The number of nitrogens with zero attached hydrogens (tertiary/aromatic N) is 1. The molecule has 1 aromatic carbocycles. The minimum Gasteiger partial charge on any atom is -0.333 e. The molecule has 0 aromatic heterocycles. The lowest BCUT2D eigenvalue weighted by atomic mass is 10.1. The van der Waals surface area contributed by atoms with Gasteiger partial charge in [0.25, 0.3) is 5.91 Å². The second kappa shape index (κ2) is 5.02. The van der Waals surface area contributed by atoms with Crippen LogP contribution >= 0.6 is 11.6 Å². The van der Waals surface area contributed by atoms with E-state index in [9.17, 15) is 9.18 Å². The first-order chi connectivity index (χ1) is 8.09. The van der Waals surface area contributed by atoms with E-state index in [1.807, 2.05) is 6.92 Å². The first kappa shape index (κ1) is 12.3. The van der Waals surface area contributed by atoms with Crippen LogP contribution in [0.1, 0.15) is 17.3 Å². The highest BCUT2D eigenvalue weighted by Crippen LogP contribution is 2.17. The van der Waals surface area contributed by atoms with Gasteiger partial charge >= 0.3 is 0 Å². The molecular weight excluding hydrogens is 243 g/mol. The van der Waals surface area contributed by atoms with E-state index >= 15 is 0 Å². The number of benzene rings is 1. The number of carbonyl (C=O) groups excluding carboxylic acids is 1. The first-order valence-electron chi connectivity index (χ1n) is 5.56. The Balaban J connectivity index is 2.24. The summed E-state index contributed by atoms with van der Waals surface area (Å²) in [6, 6.07) is 4.22. The largest absolute Gasteiger partial charge is 0.333 e. The molecule has 1 aromatic rings. The Hall–Kier alpha value is -1.13. The van der Waals surface area contributed by atoms with E-state index in [1.54, 1.807) is 4.90 Å². The van der Waals surface area contributed by atoms with Crippen molar-refractivity contribution in [3.8, 4) is 0 Å². The van der Waals surface area contributed by atoms with Gasteiger partial charge in [-0.15, -0.1) is 0 Å². The van der Waals surface area contributed by atoms with E-state index in [1.165, 1.54) is 18.2 Å². The van der Waals surface area contributed by atoms with Gasteiger partial charge in [-0.3, -0.25) is 4.79 Å². The predicted octanol–water partition coefficient (Wildman–Crippen LogP) is 1.91. The predicted molar refractivity (Wildman–Crippen MR) is 64.8 cm³/mol. The molecule has 1 heterocycles. The molecule has 0 unspecified atom stereocenters. The number of hydrogen-bond acceptors (Lipinski definition) is 2. The SMILES string of the molecule is C[C@H]1CNCCN1C(=O)c1ccc(Cl)cc1F. The minimum absolute atomic E-state index is 0.0753. The summed E-state index contributed by atoms with van der Waals surface area (Å²) in [5.74, 6) is -0.832. The molecule has 0 bridgehead atoms. The fourth-order valence-corrected chi connectivity index (χ4v) is 2.12. The van der Waals surface area contributed by atoms with Gasteiger partial charge in [0.2, 0.25) is 0 Å². The van der Waals surface area contributed by atoms with Gasteiger partial charge in [-0.2, -0.15) is 0 Å². The number of carbonyl (C=O) groups is 1. The Morgan fingerprint density at radius 3 is 3.00 bits per heavy atom. The van der Waals surface area contributed by atoms with Crippen molar-refractivity contribution in [2.45, 2.75) is 13.0 Å². The first-order valence-corrected chi connectivity index (χ1v) is 5.94. The highest BCUT2D eigenvalue weighted by atomic mass is 35.5. The molecule has 92 valence electrons. The quantitative estimate of drug-likeness (QED) is 0.833. The van der Waals surface area contributed by atoms with Gasteiger partial charge in [0.1, 0.15) is 5.82 Å². The molecule has 1 saturated heterocycles. The zero-order valence-corrected chi connectivity index (χ0v) is 10.3. The van der Waals surface area contributed by atoms with Crippen molar-refractivity contribution >= 4 is 17.5 Å². The topological polar surface area (TPSA) is 32.3 Å². The van der Waals surface area contributed by atoms with Gasteiger partial charge in [0.15, 0.2) is 0 Å². The number of nitrogens with one attached hydrogen (secondary N) is 1. The number of hydrogen-bond donors (Lipinski definition) is 1. The molecule has 0 radical (unpaired) electrons. The molecule has 1 N–H and O–H groups in total. The van der Waals surface area contributed by atoms with Crippen LogP contribution in [0.3, 0.4) is 0 Å². The third-order valence-corrected chi connectivity index (χ3v) is 3.16. The molecular formula is C12H14ClFN2O. The molecule has 17 heavy (non-hydrogen) atoms. The van der Waals surface area contributed by atoms with E-state index in [4.69, 9.17) is 11.6 Å². The summed E-state index contributed by atoms with van der Waals surface area (Å²) >= 11 is 5.66. The summed E-state index contributed by atoms with van der Waals surface area (Å²) < 4.78 is 13.6. The van der Waals surface area contributed by atoms with Crippen molar-refractivity contribution in [1.82, 2.24) is 10.2 Å². The van der Waals surface area contributed by atoms with Crippen molar-refractivity contribution in [2.24, 2.45) is 0 Å². The monoisotopic (exact) mass is 256 g/mol. The third kappa shape index (κ3) is 2.58. The molecule has 1 aliphatic heterocycles. The van der Waals surface area contributed by atoms with Gasteiger partial charge in [0.05, 0.1) is 5.56 Å². The Morgan fingerprint density at radius 2 is 2.35 bits per heavy atom. The van der Waals surface area contributed by atoms with Crippen molar-refractivity contribution in [3.05, 3.63) is 34.6 Å². The molecule has 1 fully saturated rings. The summed E-state index contributed by atoms with van der Waals surface area (Å²) in [7, 11) is 0. The average Bonchev–Trinajstić information content (AvgIpc) is 2.29. The highest BCUT2D eigenvalue weighted by Gasteiger charge is 2.25. The van der Waals surface area contributed by atoms with E-state index in [0.29, 0.717) is 11.6 Å². The third-order valence-electron chi connectivity index (χ3n) is 2.92. The number of halogens is 2. The fourth-order valence-electron chi connectivity index (χ4n) is 1.96. The van der Waals surface area contributed by atoms with E-state index in [2.05, 4.69) is 5.32 Å². The zero-order valence-electron chi connectivity index (χ0n) is 9.54. The van der Waals surface area contributed by atoms with Crippen LogP contribution in [-0.4, -0.2) is 36.5 Å². The Kier molecular flexibility index (Phi) is 3.64. The molecule has 0 saturated carbocycles. The lowest BCUT2D eigenvalue weighted by Crippen LogP contribution is -2.52. The molecule has 1 amide bonds. The van der Waals surface area contributed by atoms with Gasteiger partial charge in [-0.1, -0.05) is 11.6 Å². The second-order valence-corrected chi connectivity index (χ2v) is 4.61. The summed E-state index contributed by atoms with van der Waals surface area (Å²) in [4.78, 5) is 13.8. The molecule has 1 atom stereocenters. The zero-order chi connectivity index (χ0) is 12.4. The summed E-state index contributed by atoms with van der Waals surface area (Å²) in [6.45, 7) is 4.02. The number of amides is 1. The molecule has 1 aliphatic rings. The summed E-state index contributed by atoms with van der Waals surface area (Å²) in [6.07, 6.45) is 0. The van der Waals surface area contributed by atoms with Crippen LogP contribution in [0.15, 0.2) is 18.2 Å². The Labute approximate surface area is 105 Å². The molecule has 5 heteroatoms. The maximum absolute atomic E-state index is 13.6. The lowest BCUT2D eigenvalue weighted by molar-refractivity contribution is 0.0651. The maximum Gasteiger partial charge on any atom is 0.257 e. The van der Waals surface area contributed by atoms with Crippen LogP contribution in [0, 0.1) is 5.82 Å². The smallest absolute Gasteiger partial charge is 0.257 e. The summed E-state index contributed by atoms with van der Waals surface area (Å²) in [5.41, 5.74) is 0.0863. The summed E-state index contributed by atoms with van der Waals surface area (Å²) in [5, 5.41) is 3.48. The van der Waals surface area contributed by atoms with E-state index in [0.717, 1.165) is 13.1 Å². The maximum atomic E-state index is 13.6. The number of piperazine rings is 1. The van der Waals surface area contributed by atoms with Gasteiger partial charge < -0.3 is 10.2 Å². The van der Waals surface area contributed by atoms with Gasteiger partial charge in [-0.05, 0) is 25.1 Å². The van der Waals surface area contributed by atoms with E-state index in [-0.39, 0.29) is 17.5 Å². The fraction of sp³-hybridized carbons (Fsp3) is 0.417. The van der Waals surface area contributed by atoms with Crippen LogP contribution in [0.25, 0.3) is 0 Å². The number of rotatable bonds is 1. The van der Waals surface area contributed by atoms with Crippen molar-refractivity contribution in [2.75, 3.05) is 19.6 Å². The lowest BCUT2D eigenvalue weighted by Gasteiger charge is -2.34.